The molecule has 0 aliphatic heterocycles. The lowest BCUT2D eigenvalue weighted by Gasteiger charge is -2.12. The lowest BCUT2D eigenvalue weighted by molar-refractivity contribution is -0.135. The summed E-state index contributed by atoms with van der Waals surface area (Å²) >= 11 is 0. The van der Waals surface area contributed by atoms with Crippen molar-refractivity contribution in [2.24, 2.45) is 10.9 Å². The van der Waals surface area contributed by atoms with Crippen molar-refractivity contribution in [2.75, 3.05) is 0 Å². The van der Waals surface area contributed by atoms with E-state index in [2.05, 4.69) is 10.0 Å². The molecule has 2 rings (SSSR count). The fourth-order valence-corrected chi connectivity index (χ4v) is 2.61. The number of aryl methyl sites for hydroxylation is 1. The standard InChI is InChI=1S/C15H15F3N4O/c1-3-4-9-7-10-12(22(9)8-13(19)21-23)6-5-11(20-2)14(10)15(16,17)18/h5-7,23H,3-4,8H2,1H3,(H2,19,21). The molecule has 0 spiro atoms. The summed E-state index contributed by atoms with van der Waals surface area (Å²) in [6.07, 6.45) is -3.37. The summed E-state index contributed by atoms with van der Waals surface area (Å²) in [5.41, 5.74) is 5.07. The molecule has 0 atom stereocenters. The predicted octanol–water partition coefficient (Wildman–Crippen LogP) is 3.91. The number of halogens is 3. The number of nitrogens with zero attached hydrogens (tertiary/aromatic N) is 3. The van der Waals surface area contributed by atoms with E-state index in [9.17, 15) is 13.2 Å². The first-order chi connectivity index (χ1) is 10.8. The van der Waals surface area contributed by atoms with E-state index in [0.29, 0.717) is 17.6 Å². The predicted molar refractivity (Wildman–Crippen MR) is 80.6 cm³/mol. The maximum Gasteiger partial charge on any atom is 0.408 e. The summed E-state index contributed by atoms with van der Waals surface area (Å²) in [4.78, 5) is 2.98. The van der Waals surface area contributed by atoms with E-state index in [0.717, 1.165) is 12.5 Å². The molecule has 2 aromatic rings. The Kier molecular flexibility index (Phi) is 4.50. The highest BCUT2D eigenvalue weighted by molar-refractivity contribution is 5.92. The van der Waals surface area contributed by atoms with Gasteiger partial charge in [-0.3, -0.25) is 0 Å². The van der Waals surface area contributed by atoms with Gasteiger partial charge in [-0.2, -0.15) is 13.2 Å². The molecule has 0 unspecified atom stereocenters. The van der Waals surface area contributed by atoms with E-state index < -0.39 is 17.4 Å². The van der Waals surface area contributed by atoms with Gasteiger partial charge >= 0.3 is 6.18 Å². The van der Waals surface area contributed by atoms with Gasteiger partial charge in [0.05, 0.1) is 18.7 Å². The van der Waals surface area contributed by atoms with Crippen molar-refractivity contribution in [3.8, 4) is 0 Å². The average molecular weight is 324 g/mol. The highest BCUT2D eigenvalue weighted by Gasteiger charge is 2.36. The van der Waals surface area contributed by atoms with Crippen LogP contribution < -0.4 is 5.73 Å². The van der Waals surface area contributed by atoms with E-state index in [1.807, 2.05) is 6.92 Å². The van der Waals surface area contributed by atoms with E-state index in [1.165, 1.54) is 12.1 Å². The van der Waals surface area contributed by atoms with Crippen molar-refractivity contribution < 1.29 is 18.4 Å². The third kappa shape index (κ3) is 3.08. The van der Waals surface area contributed by atoms with Crippen LogP contribution in [0.1, 0.15) is 24.6 Å². The van der Waals surface area contributed by atoms with Crippen LogP contribution in [-0.2, 0) is 19.1 Å². The monoisotopic (exact) mass is 324 g/mol. The Bertz CT molecular complexity index is 800. The zero-order valence-corrected chi connectivity index (χ0v) is 12.4. The zero-order valence-electron chi connectivity index (χ0n) is 12.4. The van der Waals surface area contributed by atoms with Crippen LogP contribution in [0.25, 0.3) is 15.7 Å². The third-order valence-corrected chi connectivity index (χ3v) is 3.51. The first-order valence-corrected chi connectivity index (χ1v) is 6.89. The number of hydrogen-bond donors (Lipinski definition) is 2. The highest BCUT2D eigenvalue weighted by Crippen LogP contribution is 2.42. The number of benzene rings is 1. The molecule has 122 valence electrons. The van der Waals surface area contributed by atoms with Gasteiger partial charge < -0.3 is 15.5 Å². The van der Waals surface area contributed by atoms with Gasteiger partial charge in [0.25, 0.3) is 0 Å². The molecular formula is C15H15F3N4O. The molecule has 5 nitrogen and oxygen atoms in total. The SMILES string of the molecule is [C-]#[N+]c1ccc2c(cc(CCC)n2C/C(N)=N\O)c1C(F)(F)F. The maximum absolute atomic E-state index is 13.4. The van der Waals surface area contributed by atoms with Crippen LogP contribution in [0.2, 0.25) is 0 Å². The minimum atomic E-state index is -4.63. The number of aromatic nitrogens is 1. The van der Waals surface area contributed by atoms with E-state index in [4.69, 9.17) is 17.5 Å². The molecule has 0 aliphatic carbocycles. The van der Waals surface area contributed by atoms with Crippen LogP contribution in [0.3, 0.4) is 0 Å². The van der Waals surface area contributed by atoms with Crippen LogP contribution >= 0.6 is 0 Å². The van der Waals surface area contributed by atoms with Crippen molar-refractivity contribution in [2.45, 2.75) is 32.5 Å². The van der Waals surface area contributed by atoms with Gasteiger partial charge in [0.15, 0.2) is 11.5 Å². The number of amidine groups is 1. The van der Waals surface area contributed by atoms with Gasteiger partial charge in [0.2, 0.25) is 0 Å². The Labute approximate surface area is 130 Å². The summed E-state index contributed by atoms with van der Waals surface area (Å²) in [6.45, 7) is 8.85. The Morgan fingerprint density at radius 3 is 2.65 bits per heavy atom. The molecule has 0 aliphatic rings. The Morgan fingerprint density at radius 2 is 2.13 bits per heavy atom. The molecule has 0 fully saturated rings. The van der Waals surface area contributed by atoms with Crippen molar-refractivity contribution in [3.63, 3.8) is 0 Å². The Balaban J connectivity index is 2.81. The third-order valence-electron chi connectivity index (χ3n) is 3.51. The number of rotatable bonds is 4. The van der Waals surface area contributed by atoms with Gasteiger partial charge in [-0.15, -0.1) is 0 Å². The molecule has 1 heterocycles. The fourth-order valence-electron chi connectivity index (χ4n) is 2.61. The van der Waals surface area contributed by atoms with Crippen LogP contribution in [0.5, 0.6) is 0 Å². The van der Waals surface area contributed by atoms with E-state index >= 15 is 0 Å². The Hall–Kier alpha value is -2.69. The van der Waals surface area contributed by atoms with Crippen LogP contribution in [0.4, 0.5) is 18.9 Å². The fraction of sp³-hybridized carbons (Fsp3) is 0.333. The molecule has 1 aromatic carbocycles. The maximum atomic E-state index is 13.4. The Morgan fingerprint density at radius 1 is 1.43 bits per heavy atom. The summed E-state index contributed by atoms with van der Waals surface area (Å²) < 4.78 is 41.7. The lowest BCUT2D eigenvalue weighted by Crippen LogP contribution is -2.20. The first-order valence-electron chi connectivity index (χ1n) is 6.89. The first kappa shape index (κ1) is 16.7. The summed E-state index contributed by atoms with van der Waals surface area (Å²) in [7, 11) is 0. The second kappa shape index (κ2) is 6.20. The number of fused-ring (bicyclic) bond motifs is 1. The van der Waals surface area contributed by atoms with Gasteiger partial charge in [-0.05, 0) is 18.6 Å². The topological polar surface area (TPSA) is 67.9 Å². The summed E-state index contributed by atoms with van der Waals surface area (Å²) in [6, 6.07) is 4.04. The molecule has 1 aromatic heterocycles. The molecule has 8 heteroatoms. The number of alkyl halides is 3. The molecule has 0 bridgehead atoms. The number of oxime groups is 1. The zero-order chi connectivity index (χ0) is 17.2. The smallest absolute Gasteiger partial charge is 0.408 e. The minimum Gasteiger partial charge on any atom is -0.409 e. The van der Waals surface area contributed by atoms with Gasteiger partial charge in [0, 0.05) is 16.6 Å². The molecule has 23 heavy (non-hydrogen) atoms. The molecule has 0 saturated carbocycles. The molecule has 0 amide bonds. The normalized spacial score (nSPS) is 12.6. The molecule has 0 radical (unpaired) electrons. The van der Waals surface area contributed by atoms with Crippen LogP contribution in [-0.4, -0.2) is 15.6 Å². The molecule has 3 N–H and O–H groups in total. The lowest BCUT2D eigenvalue weighted by atomic mass is 10.1. The summed E-state index contributed by atoms with van der Waals surface area (Å²) in [5.74, 6) is -0.109. The quantitative estimate of drug-likeness (QED) is 0.294. The van der Waals surface area contributed by atoms with Gasteiger partial charge in [-0.25, -0.2) is 4.85 Å². The van der Waals surface area contributed by atoms with Gasteiger partial charge in [0.1, 0.15) is 0 Å². The number of hydrogen-bond acceptors (Lipinski definition) is 2. The molecule has 0 saturated heterocycles. The van der Waals surface area contributed by atoms with E-state index in [-0.39, 0.29) is 17.8 Å². The van der Waals surface area contributed by atoms with Crippen molar-refractivity contribution in [1.29, 1.82) is 0 Å². The highest BCUT2D eigenvalue weighted by atomic mass is 19.4. The number of nitrogens with two attached hydrogens (primary N) is 1. The van der Waals surface area contributed by atoms with Crippen molar-refractivity contribution >= 4 is 22.4 Å². The summed E-state index contributed by atoms with van der Waals surface area (Å²) in [5, 5.41) is 11.6. The van der Waals surface area contributed by atoms with Crippen molar-refractivity contribution in [3.05, 3.63) is 40.9 Å². The van der Waals surface area contributed by atoms with Crippen LogP contribution in [0.15, 0.2) is 23.4 Å². The van der Waals surface area contributed by atoms with E-state index in [1.54, 1.807) is 4.57 Å². The second-order valence-corrected chi connectivity index (χ2v) is 5.07. The second-order valence-electron chi connectivity index (χ2n) is 5.07. The van der Waals surface area contributed by atoms with Gasteiger partial charge in [-0.1, -0.05) is 24.6 Å². The average Bonchev–Trinajstić information content (AvgIpc) is 2.82. The largest absolute Gasteiger partial charge is 0.409 e. The minimum absolute atomic E-state index is 0.0238. The van der Waals surface area contributed by atoms with Crippen molar-refractivity contribution in [1.82, 2.24) is 4.57 Å². The van der Waals surface area contributed by atoms with Crippen LogP contribution in [0, 0.1) is 6.57 Å². The molecular weight excluding hydrogens is 309 g/mol.